The quantitative estimate of drug-likeness (QED) is 0.506. The molecule has 1 aliphatic heterocycles. The van der Waals surface area contributed by atoms with Crippen molar-refractivity contribution in [3.05, 3.63) is 58.4 Å². The van der Waals surface area contributed by atoms with Crippen LogP contribution in [0.5, 0.6) is 5.75 Å². The number of ether oxygens (including phenoxy) is 1. The van der Waals surface area contributed by atoms with Crippen molar-refractivity contribution < 1.29 is 19.0 Å². The number of aromatic nitrogens is 1. The zero-order chi connectivity index (χ0) is 23.2. The Morgan fingerprint density at radius 2 is 2.27 bits per heavy atom. The van der Waals surface area contributed by atoms with E-state index in [0.29, 0.717) is 25.3 Å². The number of benzene rings is 1. The van der Waals surface area contributed by atoms with Gasteiger partial charge in [0.2, 0.25) is 0 Å². The minimum atomic E-state index is -0.837. The van der Waals surface area contributed by atoms with E-state index < -0.39 is 18.6 Å². The number of hydrogen-bond acceptors (Lipinski definition) is 5. The number of carboxylic acids is 1. The smallest absolute Gasteiger partial charge is 0.308 e. The Labute approximate surface area is 197 Å². The molecule has 2 aromatic heterocycles. The van der Waals surface area contributed by atoms with Gasteiger partial charge in [0.05, 0.1) is 36.6 Å². The van der Waals surface area contributed by atoms with Gasteiger partial charge in [-0.15, -0.1) is 11.3 Å². The molecule has 172 valence electrons. The summed E-state index contributed by atoms with van der Waals surface area (Å²) in [7, 11) is 1.60. The summed E-state index contributed by atoms with van der Waals surface area (Å²) in [4.78, 5) is 19.8. The average molecular weight is 467 g/mol. The number of halogens is 1. The van der Waals surface area contributed by atoms with Crippen molar-refractivity contribution in [2.24, 2.45) is 11.8 Å². The second kappa shape index (κ2) is 10.8. The summed E-state index contributed by atoms with van der Waals surface area (Å²) < 4.78 is 19.1. The van der Waals surface area contributed by atoms with E-state index in [4.69, 9.17) is 4.74 Å². The van der Waals surface area contributed by atoms with Crippen molar-refractivity contribution in [2.75, 3.05) is 33.4 Å². The summed E-state index contributed by atoms with van der Waals surface area (Å²) in [6.45, 7) is 1.17. The maximum atomic E-state index is 13.7. The molecule has 5 nitrogen and oxygen atoms in total. The van der Waals surface area contributed by atoms with E-state index in [1.54, 1.807) is 24.6 Å². The van der Waals surface area contributed by atoms with Gasteiger partial charge in [-0.2, -0.15) is 0 Å². The van der Waals surface area contributed by atoms with E-state index in [9.17, 15) is 14.3 Å². The lowest BCUT2D eigenvalue weighted by Gasteiger charge is -2.40. The van der Waals surface area contributed by atoms with Crippen LogP contribution in [0.2, 0.25) is 0 Å². The summed E-state index contributed by atoms with van der Waals surface area (Å²) >= 11 is 1.59. The Morgan fingerprint density at radius 1 is 1.39 bits per heavy atom. The van der Waals surface area contributed by atoms with Crippen LogP contribution in [0.1, 0.15) is 29.2 Å². The summed E-state index contributed by atoms with van der Waals surface area (Å²) in [6.07, 6.45) is 2.68. The average Bonchev–Trinajstić information content (AvgIpc) is 3.35. The number of likely N-dealkylation sites (tertiary alicyclic amines) is 1. The van der Waals surface area contributed by atoms with Gasteiger partial charge >= 0.3 is 5.97 Å². The number of nitrogens with zero attached hydrogens (tertiary/aromatic N) is 2. The molecule has 1 aromatic carbocycles. The lowest BCUT2D eigenvalue weighted by molar-refractivity contribution is -0.146. The highest BCUT2D eigenvalue weighted by molar-refractivity contribution is 7.10. The lowest BCUT2D eigenvalue weighted by atomic mass is 9.72. The highest BCUT2D eigenvalue weighted by Gasteiger charge is 2.39. The minimum absolute atomic E-state index is 0.170. The highest BCUT2D eigenvalue weighted by atomic mass is 32.1. The van der Waals surface area contributed by atoms with Gasteiger partial charge in [-0.05, 0) is 72.5 Å². The van der Waals surface area contributed by atoms with Crippen LogP contribution in [-0.2, 0) is 4.79 Å². The molecule has 0 saturated carbocycles. The molecular weight excluding hydrogens is 439 g/mol. The Morgan fingerprint density at radius 3 is 3.00 bits per heavy atom. The van der Waals surface area contributed by atoms with Gasteiger partial charge in [-0.25, -0.2) is 0 Å². The van der Waals surface area contributed by atoms with Gasteiger partial charge in [0.15, 0.2) is 0 Å². The van der Waals surface area contributed by atoms with Crippen LogP contribution < -0.4 is 4.74 Å². The largest absolute Gasteiger partial charge is 0.497 e. The number of methoxy groups -OCH3 is 1. The first-order chi connectivity index (χ1) is 16.1. The second-order valence-corrected chi connectivity index (χ2v) is 9.23. The van der Waals surface area contributed by atoms with Gasteiger partial charge in [0.25, 0.3) is 0 Å². The maximum Gasteiger partial charge on any atom is 0.308 e. The van der Waals surface area contributed by atoms with Crippen LogP contribution in [-0.4, -0.2) is 54.4 Å². The molecule has 4 rings (SSSR count). The number of piperidine rings is 1. The standard InChI is InChI=1S/C26H27FN2O3S/c1-32-18-6-7-25-23(16-18)21(9-12-28-25)20(8-11-27)22-10-14-29(17-24(22)26(30)31)13-2-4-19-5-3-15-33-19/h3,5-7,9,12,15-16,20,22,24H,8,10-11,13-14,17H2,1H3,(H,30,31)/t20-,22+,24-/m0/s1. The fourth-order valence-electron chi connectivity index (χ4n) is 4.83. The van der Waals surface area contributed by atoms with Crippen LogP contribution in [0.4, 0.5) is 4.39 Å². The van der Waals surface area contributed by atoms with E-state index in [1.807, 2.05) is 41.8 Å². The summed E-state index contributed by atoms with van der Waals surface area (Å²) in [5.41, 5.74) is 1.74. The molecule has 0 amide bonds. The third-order valence-corrected chi connectivity index (χ3v) is 7.21. The summed E-state index contributed by atoms with van der Waals surface area (Å²) in [6, 6.07) is 11.5. The number of fused-ring (bicyclic) bond motifs is 1. The van der Waals surface area contributed by atoms with Crippen molar-refractivity contribution in [2.45, 2.75) is 18.8 Å². The number of pyridine rings is 1. The number of thiophene rings is 1. The van der Waals surface area contributed by atoms with E-state index in [2.05, 4.69) is 21.7 Å². The second-order valence-electron chi connectivity index (χ2n) is 8.28. The predicted molar refractivity (Wildman–Crippen MR) is 128 cm³/mol. The summed E-state index contributed by atoms with van der Waals surface area (Å²) in [5, 5.41) is 13.0. The SMILES string of the molecule is COc1ccc2nccc([C@H](CCF)[C@H]3CCN(CC#Cc4cccs4)C[C@@H]3C(=O)O)c2c1. The fourth-order valence-corrected chi connectivity index (χ4v) is 5.42. The van der Waals surface area contributed by atoms with Crippen molar-refractivity contribution in [3.63, 3.8) is 0 Å². The zero-order valence-electron chi connectivity index (χ0n) is 18.5. The van der Waals surface area contributed by atoms with E-state index in [-0.39, 0.29) is 18.3 Å². The molecule has 33 heavy (non-hydrogen) atoms. The lowest BCUT2D eigenvalue weighted by Crippen LogP contribution is -2.46. The Bertz CT molecular complexity index is 1160. The van der Waals surface area contributed by atoms with E-state index in [0.717, 1.165) is 27.9 Å². The van der Waals surface area contributed by atoms with Gasteiger partial charge in [-0.3, -0.25) is 19.1 Å². The number of aliphatic carboxylic acids is 1. The molecule has 3 atom stereocenters. The Hall–Kier alpha value is -2.95. The molecule has 1 N–H and O–H groups in total. The highest BCUT2D eigenvalue weighted by Crippen LogP contribution is 2.41. The van der Waals surface area contributed by atoms with Crippen LogP contribution >= 0.6 is 11.3 Å². The molecular formula is C26H27FN2O3S. The molecule has 7 heteroatoms. The van der Waals surface area contributed by atoms with Gasteiger partial charge in [0, 0.05) is 18.1 Å². The van der Waals surface area contributed by atoms with E-state index in [1.165, 1.54) is 0 Å². The van der Waals surface area contributed by atoms with Crippen LogP contribution in [0.3, 0.4) is 0 Å². The molecule has 0 aliphatic carbocycles. The van der Waals surface area contributed by atoms with Gasteiger partial charge in [-0.1, -0.05) is 17.9 Å². The number of carbonyl (C=O) groups is 1. The Kier molecular flexibility index (Phi) is 7.58. The number of alkyl halides is 1. The van der Waals surface area contributed by atoms with Crippen LogP contribution in [0.25, 0.3) is 10.9 Å². The maximum absolute atomic E-state index is 13.7. The van der Waals surface area contributed by atoms with Crippen LogP contribution in [0.15, 0.2) is 48.0 Å². The molecule has 1 fully saturated rings. The van der Waals surface area contributed by atoms with Crippen molar-refractivity contribution in [3.8, 4) is 17.6 Å². The molecule has 0 unspecified atom stereocenters. The first-order valence-electron chi connectivity index (χ1n) is 11.1. The van der Waals surface area contributed by atoms with E-state index >= 15 is 0 Å². The Balaban J connectivity index is 1.60. The molecule has 3 heterocycles. The molecule has 1 aliphatic rings. The van der Waals surface area contributed by atoms with Gasteiger partial charge in [0.1, 0.15) is 5.75 Å². The third-order valence-electron chi connectivity index (χ3n) is 6.42. The topological polar surface area (TPSA) is 62.7 Å². The predicted octanol–water partition coefficient (Wildman–Crippen LogP) is 4.82. The number of carboxylic acid groups (broad SMARTS) is 1. The first kappa shape index (κ1) is 23.2. The molecule has 0 bridgehead atoms. The molecule has 1 saturated heterocycles. The number of rotatable bonds is 7. The monoisotopic (exact) mass is 466 g/mol. The first-order valence-corrected chi connectivity index (χ1v) is 11.9. The van der Waals surface area contributed by atoms with Gasteiger partial charge < -0.3 is 9.84 Å². The zero-order valence-corrected chi connectivity index (χ0v) is 19.4. The number of hydrogen-bond donors (Lipinski definition) is 1. The molecule has 0 radical (unpaired) electrons. The fraction of sp³-hybridized carbons (Fsp3) is 0.385. The van der Waals surface area contributed by atoms with Crippen LogP contribution in [0, 0.1) is 23.7 Å². The molecule has 0 spiro atoms. The third kappa shape index (κ3) is 5.35. The summed E-state index contributed by atoms with van der Waals surface area (Å²) in [5.74, 6) is 5.19. The van der Waals surface area contributed by atoms with Crippen molar-refractivity contribution in [1.82, 2.24) is 9.88 Å². The van der Waals surface area contributed by atoms with Crippen molar-refractivity contribution >= 4 is 28.2 Å². The minimum Gasteiger partial charge on any atom is -0.497 e. The van der Waals surface area contributed by atoms with Crippen molar-refractivity contribution in [1.29, 1.82) is 0 Å². The molecule has 3 aromatic rings. The normalized spacial score (nSPS) is 19.6.